The number of hydrogen-bond donors (Lipinski definition) is 0. The first-order valence-electron chi connectivity index (χ1n) is 9.48. The number of anilines is 1. The minimum atomic E-state index is -0.495. The molecule has 7 nitrogen and oxygen atoms in total. The van der Waals surface area contributed by atoms with Crippen LogP contribution in [0, 0.1) is 24.0 Å². The molecule has 29 heavy (non-hydrogen) atoms. The molecule has 1 aliphatic rings. The maximum absolute atomic E-state index is 13.4. The number of rotatable bonds is 5. The Bertz CT molecular complexity index is 1090. The molecule has 0 N–H and O–H groups in total. The zero-order chi connectivity index (χ0) is 20.5. The summed E-state index contributed by atoms with van der Waals surface area (Å²) in [5.41, 5.74) is 3.28. The van der Waals surface area contributed by atoms with Gasteiger partial charge in [-0.3, -0.25) is 19.8 Å². The number of ether oxygens (including phenoxy) is 1. The van der Waals surface area contributed by atoms with E-state index in [0.717, 1.165) is 34.2 Å². The highest BCUT2D eigenvalue weighted by Gasteiger charge is 2.28. The van der Waals surface area contributed by atoms with Crippen molar-refractivity contribution >= 4 is 38.3 Å². The van der Waals surface area contributed by atoms with E-state index in [0.29, 0.717) is 18.3 Å². The first kappa shape index (κ1) is 19.5. The molecule has 2 aromatic carbocycles. The van der Waals surface area contributed by atoms with Gasteiger partial charge in [-0.25, -0.2) is 4.98 Å². The summed E-state index contributed by atoms with van der Waals surface area (Å²) < 4.78 is 6.75. The third-order valence-corrected chi connectivity index (χ3v) is 6.31. The Kier molecular flexibility index (Phi) is 5.29. The lowest BCUT2D eigenvalue weighted by molar-refractivity contribution is -0.384. The zero-order valence-electron chi connectivity index (χ0n) is 16.3. The minimum Gasteiger partial charge on any atom is -0.376 e. The molecule has 1 aliphatic heterocycles. The Labute approximate surface area is 172 Å². The lowest BCUT2D eigenvalue weighted by atomic mass is 10.1. The number of nitrogens with zero attached hydrogens (tertiary/aromatic N) is 3. The highest BCUT2D eigenvalue weighted by atomic mass is 32.1. The van der Waals surface area contributed by atoms with Gasteiger partial charge >= 0.3 is 0 Å². The molecule has 4 rings (SSSR count). The second kappa shape index (κ2) is 7.88. The highest BCUT2D eigenvalue weighted by molar-refractivity contribution is 7.22. The molecule has 150 valence electrons. The largest absolute Gasteiger partial charge is 0.376 e. The van der Waals surface area contributed by atoms with Crippen LogP contribution in [-0.2, 0) is 4.74 Å². The predicted molar refractivity (Wildman–Crippen MR) is 113 cm³/mol. The molecule has 1 amide bonds. The van der Waals surface area contributed by atoms with Gasteiger partial charge in [0.25, 0.3) is 11.6 Å². The molecule has 0 spiro atoms. The van der Waals surface area contributed by atoms with Gasteiger partial charge in [-0.2, -0.15) is 0 Å². The second-order valence-electron chi connectivity index (χ2n) is 7.21. The Morgan fingerprint density at radius 1 is 1.34 bits per heavy atom. The normalized spacial score (nSPS) is 16.3. The fourth-order valence-electron chi connectivity index (χ4n) is 3.48. The Morgan fingerprint density at radius 3 is 2.90 bits per heavy atom. The number of carbonyl (C=O) groups is 1. The van der Waals surface area contributed by atoms with Crippen LogP contribution in [0.3, 0.4) is 0 Å². The molecule has 0 saturated carbocycles. The molecule has 1 saturated heterocycles. The molecule has 1 fully saturated rings. The summed E-state index contributed by atoms with van der Waals surface area (Å²) in [6.07, 6.45) is 1.77. The highest BCUT2D eigenvalue weighted by Crippen LogP contribution is 2.33. The summed E-state index contributed by atoms with van der Waals surface area (Å²) in [5, 5.41) is 11.7. The topological polar surface area (TPSA) is 85.6 Å². The van der Waals surface area contributed by atoms with Gasteiger partial charge in [0.2, 0.25) is 0 Å². The Balaban J connectivity index is 1.75. The van der Waals surface area contributed by atoms with Crippen molar-refractivity contribution in [2.24, 2.45) is 0 Å². The summed E-state index contributed by atoms with van der Waals surface area (Å²) in [5.74, 6) is -0.308. The van der Waals surface area contributed by atoms with Crippen molar-refractivity contribution in [3.63, 3.8) is 0 Å². The molecule has 2 heterocycles. The number of nitro groups is 1. The van der Waals surface area contributed by atoms with Gasteiger partial charge in [0.15, 0.2) is 5.13 Å². The van der Waals surface area contributed by atoms with Gasteiger partial charge in [0, 0.05) is 24.3 Å². The van der Waals surface area contributed by atoms with Gasteiger partial charge in [0.05, 0.1) is 27.8 Å². The molecule has 0 aliphatic carbocycles. The van der Waals surface area contributed by atoms with E-state index in [9.17, 15) is 14.9 Å². The van der Waals surface area contributed by atoms with Crippen LogP contribution in [0.4, 0.5) is 10.8 Å². The number of aryl methyl sites for hydroxylation is 2. The Morgan fingerprint density at radius 2 is 2.17 bits per heavy atom. The third-order valence-electron chi connectivity index (χ3n) is 5.26. The van der Waals surface area contributed by atoms with Crippen LogP contribution in [0.5, 0.6) is 0 Å². The van der Waals surface area contributed by atoms with E-state index in [1.807, 2.05) is 26.0 Å². The first-order valence-corrected chi connectivity index (χ1v) is 10.3. The minimum absolute atomic E-state index is 0.0625. The van der Waals surface area contributed by atoms with E-state index in [1.165, 1.54) is 29.5 Å². The predicted octanol–water partition coefficient (Wildman–Crippen LogP) is 4.65. The summed E-state index contributed by atoms with van der Waals surface area (Å²) in [4.78, 5) is 30.3. The molecule has 0 bridgehead atoms. The van der Waals surface area contributed by atoms with Gasteiger partial charge in [-0.15, -0.1) is 0 Å². The van der Waals surface area contributed by atoms with Crippen LogP contribution in [0.2, 0.25) is 0 Å². The third kappa shape index (κ3) is 3.86. The van der Waals surface area contributed by atoms with E-state index >= 15 is 0 Å². The second-order valence-corrected chi connectivity index (χ2v) is 8.22. The quantitative estimate of drug-likeness (QED) is 0.451. The van der Waals surface area contributed by atoms with Crippen LogP contribution < -0.4 is 4.90 Å². The average molecular weight is 411 g/mol. The molecule has 8 heteroatoms. The summed E-state index contributed by atoms with van der Waals surface area (Å²) in [6, 6.07) is 9.88. The van der Waals surface area contributed by atoms with Crippen molar-refractivity contribution in [3.8, 4) is 0 Å². The zero-order valence-corrected chi connectivity index (χ0v) is 17.1. The van der Waals surface area contributed by atoms with Crippen LogP contribution in [0.15, 0.2) is 36.4 Å². The summed E-state index contributed by atoms with van der Waals surface area (Å²) >= 11 is 1.45. The number of benzene rings is 2. The molecule has 1 unspecified atom stereocenters. The fraction of sp³-hybridized carbons (Fsp3) is 0.333. The van der Waals surface area contributed by atoms with Crippen molar-refractivity contribution < 1.29 is 14.5 Å². The number of thiazole rings is 1. The van der Waals surface area contributed by atoms with Gasteiger partial charge < -0.3 is 4.74 Å². The maximum Gasteiger partial charge on any atom is 0.270 e. The van der Waals surface area contributed by atoms with Crippen LogP contribution in [0.1, 0.15) is 34.3 Å². The SMILES string of the molecule is Cc1ccc2sc(N(CC3CCCO3)C(=O)c3cccc([N+](=O)[O-])c3)nc2c1C. The number of non-ortho nitro benzene ring substituents is 1. The number of hydrogen-bond acceptors (Lipinski definition) is 6. The molecular weight excluding hydrogens is 390 g/mol. The number of aromatic nitrogens is 1. The standard InChI is InChI=1S/C21H21N3O4S/c1-13-8-9-18-19(14(13)2)22-21(29-18)23(12-17-7-4-10-28-17)20(25)15-5-3-6-16(11-15)24(26)27/h3,5-6,8-9,11,17H,4,7,10,12H2,1-2H3. The molecule has 1 atom stereocenters. The van der Waals surface area contributed by atoms with Gasteiger partial charge in [-0.05, 0) is 49.9 Å². The van der Waals surface area contributed by atoms with Crippen molar-refractivity contribution in [2.45, 2.75) is 32.8 Å². The number of nitro benzene ring substituents is 1. The smallest absolute Gasteiger partial charge is 0.270 e. The van der Waals surface area contributed by atoms with E-state index < -0.39 is 4.92 Å². The van der Waals surface area contributed by atoms with Crippen LogP contribution in [0.25, 0.3) is 10.2 Å². The van der Waals surface area contributed by atoms with Crippen LogP contribution in [-0.4, -0.2) is 35.1 Å². The van der Waals surface area contributed by atoms with E-state index in [2.05, 4.69) is 0 Å². The van der Waals surface area contributed by atoms with E-state index in [1.54, 1.807) is 11.0 Å². The van der Waals surface area contributed by atoms with Crippen molar-refractivity contribution in [1.82, 2.24) is 4.98 Å². The van der Waals surface area contributed by atoms with Crippen molar-refractivity contribution in [3.05, 3.63) is 63.2 Å². The van der Waals surface area contributed by atoms with Crippen molar-refractivity contribution in [2.75, 3.05) is 18.1 Å². The fourth-order valence-corrected chi connectivity index (χ4v) is 4.51. The maximum atomic E-state index is 13.4. The number of fused-ring (bicyclic) bond motifs is 1. The Hall–Kier alpha value is -2.84. The lowest BCUT2D eigenvalue weighted by Gasteiger charge is -2.23. The number of carbonyl (C=O) groups excluding carboxylic acids is 1. The first-order chi connectivity index (χ1) is 13.9. The van der Waals surface area contributed by atoms with Crippen molar-refractivity contribution in [1.29, 1.82) is 0 Å². The monoisotopic (exact) mass is 411 g/mol. The molecule has 1 aromatic heterocycles. The van der Waals surface area contributed by atoms with E-state index in [-0.39, 0.29) is 23.3 Å². The summed E-state index contributed by atoms with van der Waals surface area (Å²) in [7, 11) is 0. The van der Waals surface area contributed by atoms with E-state index in [4.69, 9.17) is 9.72 Å². The average Bonchev–Trinajstić information content (AvgIpc) is 3.38. The van der Waals surface area contributed by atoms with Gasteiger partial charge in [-0.1, -0.05) is 23.5 Å². The lowest BCUT2D eigenvalue weighted by Crippen LogP contribution is -2.37. The van der Waals surface area contributed by atoms with Gasteiger partial charge in [0.1, 0.15) is 0 Å². The molecule has 3 aromatic rings. The van der Waals surface area contributed by atoms with Crippen LogP contribution >= 0.6 is 11.3 Å². The molecular formula is C21H21N3O4S. The number of amides is 1. The molecule has 0 radical (unpaired) electrons. The summed E-state index contributed by atoms with van der Waals surface area (Å²) in [6.45, 7) is 5.11.